The number of non-ortho nitro benzene ring substituents is 1. The number of likely N-dealkylation sites (N-methyl/N-ethyl adjacent to an activating group) is 1. The van der Waals surface area contributed by atoms with E-state index in [-0.39, 0.29) is 10.6 Å². The lowest BCUT2D eigenvalue weighted by atomic mass is 9.92. The van der Waals surface area contributed by atoms with Gasteiger partial charge in [0.15, 0.2) is 0 Å². The number of nitrogens with zero attached hydrogens (tertiary/aromatic N) is 1. The number of benzene rings is 1. The summed E-state index contributed by atoms with van der Waals surface area (Å²) in [5.74, 6) is 0. The third kappa shape index (κ3) is 4.02. The number of nitrogens with one attached hydrogen (secondary N) is 1. The molecule has 1 saturated carbocycles. The van der Waals surface area contributed by atoms with Gasteiger partial charge in [0.1, 0.15) is 0 Å². The lowest BCUT2D eigenvalue weighted by Crippen LogP contribution is -2.42. The van der Waals surface area contributed by atoms with E-state index in [0.717, 1.165) is 18.4 Å². The zero-order valence-electron chi connectivity index (χ0n) is 11.9. The smallest absolute Gasteiger partial charge is 0.269 e. The van der Waals surface area contributed by atoms with Crippen LogP contribution >= 0.6 is 0 Å². The molecule has 5 nitrogen and oxygen atoms in total. The van der Waals surface area contributed by atoms with E-state index in [9.17, 15) is 10.1 Å². The molecule has 0 bridgehead atoms. The van der Waals surface area contributed by atoms with Crippen molar-refractivity contribution < 1.29 is 9.66 Å². The average molecular weight is 278 g/mol. The molecule has 1 N–H and O–H groups in total. The molecule has 1 aliphatic rings. The lowest BCUT2D eigenvalue weighted by Gasteiger charge is -2.31. The number of hydrogen-bond acceptors (Lipinski definition) is 4. The van der Waals surface area contributed by atoms with Crippen LogP contribution in [0.15, 0.2) is 24.3 Å². The van der Waals surface area contributed by atoms with Gasteiger partial charge in [-0.2, -0.15) is 0 Å². The molecule has 5 heteroatoms. The monoisotopic (exact) mass is 278 g/mol. The largest absolute Gasteiger partial charge is 0.376 e. The Kier molecular flexibility index (Phi) is 5.49. The maximum Gasteiger partial charge on any atom is 0.269 e. The summed E-state index contributed by atoms with van der Waals surface area (Å²) in [6, 6.07) is 7.16. The molecule has 0 aromatic heterocycles. The highest BCUT2D eigenvalue weighted by Crippen LogP contribution is 2.21. The molecule has 20 heavy (non-hydrogen) atoms. The first kappa shape index (κ1) is 14.9. The van der Waals surface area contributed by atoms with Gasteiger partial charge in [0.2, 0.25) is 0 Å². The van der Waals surface area contributed by atoms with Gasteiger partial charge in [0.05, 0.1) is 17.6 Å². The minimum Gasteiger partial charge on any atom is -0.376 e. The van der Waals surface area contributed by atoms with Crippen molar-refractivity contribution in [3.63, 3.8) is 0 Å². The second-order valence-corrected chi connectivity index (χ2v) is 5.26. The normalized spacial score (nSPS) is 22.6. The Morgan fingerprint density at radius 3 is 2.65 bits per heavy atom. The standard InChI is InChI=1S/C15H22N2O3/c1-16-14-4-2-3-5-15(14)20-11-10-12-6-8-13(9-7-12)17(18)19/h6-9,14-16H,2-5,10-11H2,1H3. The summed E-state index contributed by atoms with van der Waals surface area (Å²) in [4.78, 5) is 10.2. The maximum absolute atomic E-state index is 10.6. The van der Waals surface area contributed by atoms with Crippen LogP contribution in [-0.2, 0) is 11.2 Å². The second kappa shape index (κ2) is 7.36. The number of rotatable bonds is 6. The van der Waals surface area contributed by atoms with E-state index in [4.69, 9.17) is 4.74 Å². The fourth-order valence-corrected chi connectivity index (χ4v) is 2.74. The molecule has 0 spiro atoms. The minimum absolute atomic E-state index is 0.136. The van der Waals surface area contributed by atoms with Crippen molar-refractivity contribution in [2.24, 2.45) is 0 Å². The Bertz CT molecular complexity index is 433. The van der Waals surface area contributed by atoms with Crippen molar-refractivity contribution in [2.45, 2.75) is 44.2 Å². The van der Waals surface area contributed by atoms with Crippen LogP contribution < -0.4 is 5.32 Å². The highest BCUT2D eigenvalue weighted by atomic mass is 16.6. The average Bonchev–Trinajstić information content (AvgIpc) is 2.48. The molecule has 110 valence electrons. The van der Waals surface area contributed by atoms with Crippen LogP contribution in [0, 0.1) is 10.1 Å². The van der Waals surface area contributed by atoms with Crippen molar-refractivity contribution in [3.8, 4) is 0 Å². The fraction of sp³-hybridized carbons (Fsp3) is 0.600. The SMILES string of the molecule is CNC1CCCCC1OCCc1ccc([N+](=O)[O-])cc1. The van der Waals surface area contributed by atoms with E-state index in [0.29, 0.717) is 18.8 Å². The lowest BCUT2D eigenvalue weighted by molar-refractivity contribution is -0.384. The summed E-state index contributed by atoms with van der Waals surface area (Å²) >= 11 is 0. The van der Waals surface area contributed by atoms with Gasteiger partial charge in [0, 0.05) is 18.2 Å². The van der Waals surface area contributed by atoms with E-state index in [2.05, 4.69) is 5.32 Å². The van der Waals surface area contributed by atoms with Crippen molar-refractivity contribution in [1.29, 1.82) is 0 Å². The molecule has 1 aromatic rings. The first-order valence-corrected chi connectivity index (χ1v) is 7.23. The minimum atomic E-state index is -0.375. The topological polar surface area (TPSA) is 64.4 Å². The van der Waals surface area contributed by atoms with Crippen LogP contribution in [0.3, 0.4) is 0 Å². The first-order valence-electron chi connectivity index (χ1n) is 7.23. The first-order chi connectivity index (χ1) is 9.70. The predicted octanol–water partition coefficient (Wildman–Crippen LogP) is 2.68. The third-order valence-electron chi connectivity index (χ3n) is 3.94. The summed E-state index contributed by atoms with van der Waals surface area (Å²) in [5, 5.41) is 13.9. The maximum atomic E-state index is 10.6. The molecule has 0 radical (unpaired) electrons. The highest BCUT2D eigenvalue weighted by molar-refractivity contribution is 5.32. The van der Waals surface area contributed by atoms with Gasteiger partial charge >= 0.3 is 0 Å². The van der Waals surface area contributed by atoms with Crippen LogP contribution in [0.4, 0.5) is 5.69 Å². The Labute approximate surface area is 119 Å². The zero-order chi connectivity index (χ0) is 14.4. The van der Waals surface area contributed by atoms with Gasteiger partial charge in [-0.15, -0.1) is 0 Å². The highest BCUT2D eigenvalue weighted by Gasteiger charge is 2.23. The fourth-order valence-electron chi connectivity index (χ4n) is 2.74. The van der Waals surface area contributed by atoms with Crippen LogP contribution in [0.5, 0.6) is 0 Å². The summed E-state index contributed by atoms with van der Waals surface area (Å²) in [6.45, 7) is 0.667. The summed E-state index contributed by atoms with van der Waals surface area (Å²) < 4.78 is 5.97. The van der Waals surface area contributed by atoms with Gasteiger partial charge in [0.25, 0.3) is 5.69 Å². The second-order valence-electron chi connectivity index (χ2n) is 5.26. The van der Waals surface area contributed by atoms with E-state index in [1.807, 2.05) is 7.05 Å². The molecule has 2 unspecified atom stereocenters. The van der Waals surface area contributed by atoms with Gasteiger partial charge < -0.3 is 10.1 Å². The molecule has 2 atom stereocenters. The van der Waals surface area contributed by atoms with Gasteiger partial charge in [-0.25, -0.2) is 0 Å². The van der Waals surface area contributed by atoms with Crippen molar-refractivity contribution in [3.05, 3.63) is 39.9 Å². The van der Waals surface area contributed by atoms with Gasteiger partial charge in [-0.1, -0.05) is 25.0 Å². The number of ether oxygens (including phenoxy) is 1. The van der Waals surface area contributed by atoms with Crippen LogP contribution in [0.25, 0.3) is 0 Å². The Hall–Kier alpha value is -1.46. The number of hydrogen-bond donors (Lipinski definition) is 1. The Morgan fingerprint density at radius 1 is 1.30 bits per heavy atom. The molecule has 1 aromatic carbocycles. The Morgan fingerprint density at radius 2 is 2.00 bits per heavy atom. The van der Waals surface area contributed by atoms with E-state index in [1.165, 1.54) is 19.3 Å². The number of nitro groups is 1. The third-order valence-corrected chi connectivity index (χ3v) is 3.94. The van der Waals surface area contributed by atoms with E-state index in [1.54, 1.807) is 24.3 Å². The summed E-state index contributed by atoms with van der Waals surface area (Å²) in [5.41, 5.74) is 1.21. The molecule has 0 saturated heterocycles. The van der Waals surface area contributed by atoms with Crippen molar-refractivity contribution in [2.75, 3.05) is 13.7 Å². The van der Waals surface area contributed by atoms with Crippen LogP contribution in [0.1, 0.15) is 31.2 Å². The summed E-state index contributed by atoms with van der Waals surface area (Å²) in [6.07, 6.45) is 5.90. The number of nitro benzene ring substituents is 1. The molecule has 0 aliphatic heterocycles. The molecular weight excluding hydrogens is 256 g/mol. The summed E-state index contributed by atoms with van der Waals surface area (Å²) in [7, 11) is 1.99. The molecule has 2 rings (SSSR count). The van der Waals surface area contributed by atoms with Gasteiger partial charge in [-0.05, 0) is 31.9 Å². The zero-order valence-corrected chi connectivity index (χ0v) is 11.9. The van der Waals surface area contributed by atoms with Crippen molar-refractivity contribution >= 4 is 5.69 Å². The predicted molar refractivity (Wildman–Crippen MR) is 77.9 cm³/mol. The van der Waals surface area contributed by atoms with Gasteiger partial charge in [-0.3, -0.25) is 10.1 Å². The van der Waals surface area contributed by atoms with E-state index >= 15 is 0 Å². The molecule has 0 amide bonds. The van der Waals surface area contributed by atoms with E-state index < -0.39 is 0 Å². The van der Waals surface area contributed by atoms with Crippen LogP contribution in [-0.4, -0.2) is 30.7 Å². The Balaban J connectivity index is 1.78. The molecular formula is C15H22N2O3. The molecule has 1 aliphatic carbocycles. The molecule has 0 heterocycles. The quantitative estimate of drug-likeness (QED) is 0.642. The molecule has 1 fully saturated rings. The van der Waals surface area contributed by atoms with Crippen molar-refractivity contribution in [1.82, 2.24) is 5.32 Å². The van der Waals surface area contributed by atoms with Crippen LogP contribution in [0.2, 0.25) is 0 Å².